The van der Waals surface area contributed by atoms with Crippen molar-refractivity contribution in [2.24, 2.45) is 0 Å². The van der Waals surface area contributed by atoms with Gasteiger partial charge in [0.1, 0.15) is 5.75 Å². The minimum Gasteiger partial charge on any atom is -0.494 e. The molecular formula is C20H26N2O3. The highest BCUT2D eigenvalue weighted by Gasteiger charge is 2.22. The summed E-state index contributed by atoms with van der Waals surface area (Å²) in [5.74, 6) is 0.699. The molecule has 0 saturated carbocycles. The molecule has 5 nitrogen and oxygen atoms in total. The van der Waals surface area contributed by atoms with E-state index < -0.39 is 0 Å². The fourth-order valence-corrected chi connectivity index (χ4v) is 2.66. The number of fused-ring (bicyclic) bond motifs is 1. The third-order valence-electron chi connectivity index (χ3n) is 3.58. The molecule has 1 aromatic carbocycles. The maximum Gasteiger partial charge on any atom is 0.178 e. The van der Waals surface area contributed by atoms with Crippen molar-refractivity contribution in [1.29, 1.82) is 0 Å². The minimum absolute atomic E-state index is 0. The van der Waals surface area contributed by atoms with Crippen molar-refractivity contribution in [1.82, 2.24) is 6.15 Å². The second kappa shape index (κ2) is 8.44. The summed E-state index contributed by atoms with van der Waals surface area (Å²) < 4.78 is 5.52. The highest BCUT2D eigenvalue weighted by atomic mass is 16.5. The molecule has 134 valence electrons. The standard InChI is InChI=1S/C14H19NO.C6H4O2.H3N/c1-5-16-11-6-7-13-12(8-11)10(2)9-14(3,4)15-13;7-5-1-2-6(8)4-3-5;/h6-9,15H,5H2,1-4H3;1-4H;1H3. The molecule has 2 aliphatic rings. The molecule has 3 rings (SSSR count). The molecule has 25 heavy (non-hydrogen) atoms. The maximum absolute atomic E-state index is 10.3. The molecule has 0 aromatic heterocycles. The van der Waals surface area contributed by atoms with E-state index >= 15 is 0 Å². The summed E-state index contributed by atoms with van der Waals surface area (Å²) in [5, 5.41) is 3.50. The Morgan fingerprint density at radius 3 is 2.12 bits per heavy atom. The summed E-state index contributed by atoms with van der Waals surface area (Å²) in [5.41, 5.74) is 3.77. The van der Waals surface area contributed by atoms with Crippen molar-refractivity contribution >= 4 is 22.8 Å². The van der Waals surface area contributed by atoms with E-state index in [0.29, 0.717) is 6.61 Å². The van der Waals surface area contributed by atoms with Crippen LogP contribution in [-0.2, 0) is 9.59 Å². The molecule has 1 heterocycles. The van der Waals surface area contributed by atoms with Gasteiger partial charge in [0.15, 0.2) is 11.6 Å². The van der Waals surface area contributed by atoms with Gasteiger partial charge >= 0.3 is 0 Å². The number of hydrogen-bond donors (Lipinski definition) is 2. The van der Waals surface area contributed by atoms with Gasteiger partial charge in [0, 0.05) is 11.3 Å². The molecule has 0 bridgehead atoms. The second-order valence-electron chi connectivity index (χ2n) is 6.29. The molecule has 0 radical (unpaired) electrons. The number of carbonyl (C=O) groups excluding carboxylic acids is 2. The van der Waals surface area contributed by atoms with E-state index in [9.17, 15) is 9.59 Å². The van der Waals surface area contributed by atoms with E-state index in [-0.39, 0.29) is 23.3 Å². The SMILES string of the molecule is CCOc1ccc2c(c1)C(C)=CC(C)(C)N2.N.O=C1C=CC(=O)C=C1. The first-order valence-corrected chi connectivity index (χ1v) is 7.99. The Kier molecular flexibility index (Phi) is 6.88. The summed E-state index contributed by atoms with van der Waals surface area (Å²) in [4.78, 5) is 20.6. The number of benzene rings is 1. The number of ether oxygens (including phenoxy) is 1. The zero-order valence-electron chi connectivity index (χ0n) is 15.3. The van der Waals surface area contributed by atoms with Gasteiger partial charge in [-0.05, 0) is 75.8 Å². The van der Waals surface area contributed by atoms with Gasteiger partial charge in [-0.15, -0.1) is 0 Å². The monoisotopic (exact) mass is 342 g/mol. The van der Waals surface area contributed by atoms with Crippen LogP contribution in [0.15, 0.2) is 48.6 Å². The Labute approximate surface area is 149 Å². The number of rotatable bonds is 2. The average Bonchev–Trinajstić information content (AvgIpc) is 2.51. The Morgan fingerprint density at radius 2 is 1.60 bits per heavy atom. The van der Waals surface area contributed by atoms with Crippen LogP contribution in [0.2, 0.25) is 0 Å². The van der Waals surface area contributed by atoms with Gasteiger partial charge in [0.05, 0.1) is 12.1 Å². The third kappa shape index (κ3) is 5.72. The van der Waals surface area contributed by atoms with Crippen molar-refractivity contribution in [3.8, 4) is 5.75 Å². The molecule has 1 aliphatic carbocycles. The van der Waals surface area contributed by atoms with E-state index in [1.807, 2.05) is 13.0 Å². The predicted octanol–water partition coefficient (Wildman–Crippen LogP) is 4.11. The summed E-state index contributed by atoms with van der Waals surface area (Å²) in [6.07, 6.45) is 7.26. The molecule has 0 spiro atoms. The lowest BCUT2D eigenvalue weighted by Crippen LogP contribution is -2.31. The van der Waals surface area contributed by atoms with E-state index in [2.05, 4.69) is 44.3 Å². The summed E-state index contributed by atoms with van der Waals surface area (Å²) in [6, 6.07) is 6.22. The zero-order chi connectivity index (χ0) is 17.7. The van der Waals surface area contributed by atoms with Gasteiger partial charge < -0.3 is 16.2 Å². The third-order valence-corrected chi connectivity index (χ3v) is 3.58. The molecule has 4 N–H and O–H groups in total. The lowest BCUT2D eigenvalue weighted by molar-refractivity contribution is -0.113. The Bertz CT molecular complexity index is 705. The van der Waals surface area contributed by atoms with Crippen LogP contribution in [0, 0.1) is 0 Å². The highest BCUT2D eigenvalue weighted by molar-refractivity contribution is 6.14. The Morgan fingerprint density at radius 1 is 1.04 bits per heavy atom. The van der Waals surface area contributed by atoms with E-state index in [1.165, 1.54) is 41.1 Å². The van der Waals surface area contributed by atoms with Crippen LogP contribution in [0.5, 0.6) is 5.75 Å². The number of carbonyl (C=O) groups is 2. The summed E-state index contributed by atoms with van der Waals surface area (Å²) in [7, 11) is 0. The Hall–Kier alpha value is -2.66. The molecule has 0 fully saturated rings. The van der Waals surface area contributed by atoms with E-state index in [0.717, 1.165) is 5.75 Å². The van der Waals surface area contributed by atoms with Crippen molar-refractivity contribution in [2.75, 3.05) is 11.9 Å². The molecule has 5 heteroatoms. The molecule has 1 aromatic rings. The molecule has 1 aliphatic heterocycles. The number of allylic oxidation sites excluding steroid dienone is 5. The average molecular weight is 342 g/mol. The lowest BCUT2D eigenvalue weighted by Gasteiger charge is -2.31. The van der Waals surface area contributed by atoms with Gasteiger partial charge in [-0.3, -0.25) is 9.59 Å². The molecule has 0 unspecified atom stereocenters. The quantitative estimate of drug-likeness (QED) is 0.790. The topological polar surface area (TPSA) is 90.4 Å². The van der Waals surface area contributed by atoms with Crippen molar-refractivity contribution in [3.05, 3.63) is 54.1 Å². The fraction of sp³-hybridized carbons (Fsp3) is 0.300. The van der Waals surface area contributed by atoms with Crippen LogP contribution >= 0.6 is 0 Å². The molecule has 0 atom stereocenters. The van der Waals surface area contributed by atoms with Gasteiger partial charge in [-0.25, -0.2) is 0 Å². The van der Waals surface area contributed by atoms with Crippen molar-refractivity contribution in [2.45, 2.75) is 33.2 Å². The number of anilines is 1. The number of nitrogens with one attached hydrogen (secondary N) is 1. The van der Waals surface area contributed by atoms with Crippen molar-refractivity contribution in [3.63, 3.8) is 0 Å². The Balaban J connectivity index is 0.000000295. The predicted molar refractivity (Wildman–Crippen MR) is 102 cm³/mol. The highest BCUT2D eigenvalue weighted by Crippen LogP contribution is 2.35. The van der Waals surface area contributed by atoms with E-state index in [1.54, 1.807) is 0 Å². The first-order chi connectivity index (χ1) is 11.3. The van der Waals surface area contributed by atoms with Crippen LogP contribution in [0.25, 0.3) is 5.57 Å². The smallest absolute Gasteiger partial charge is 0.178 e. The van der Waals surface area contributed by atoms with Gasteiger partial charge in [-0.2, -0.15) is 0 Å². The van der Waals surface area contributed by atoms with Crippen LogP contribution in [-0.4, -0.2) is 23.7 Å². The molecule has 0 saturated heterocycles. The van der Waals surface area contributed by atoms with Crippen LogP contribution in [0.3, 0.4) is 0 Å². The first-order valence-electron chi connectivity index (χ1n) is 7.99. The van der Waals surface area contributed by atoms with Gasteiger partial charge in [0.25, 0.3) is 0 Å². The zero-order valence-corrected chi connectivity index (χ0v) is 15.3. The molecule has 0 amide bonds. The second-order valence-corrected chi connectivity index (χ2v) is 6.29. The summed E-state index contributed by atoms with van der Waals surface area (Å²) in [6.45, 7) is 9.22. The lowest BCUT2D eigenvalue weighted by atomic mass is 9.91. The number of hydrogen-bond acceptors (Lipinski definition) is 5. The van der Waals surface area contributed by atoms with Crippen LogP contribution < -0.4 is 16.2 Å². The van der Waals surface area contributed by atoms with Gasteiger partial charge in [-0.1, -0.05) is 6.08 Å². The number of ketones is 2. The van der Waals surface area contributed by atoms with Crippen molar-refractivity contribution < 1.29 is 14.3 Å². The first kappa shape index (κ1) is 20.4. The van der Waals surface area contributed by atoms with Crippen LogP contribution in [0.1, 0.15) is 33.3 Å². The summed E-state index contributed by atoms with van der Waals surface area (Å²) >= 11 is 0. The van der Waals surface area contributed by atoms with Crippen LogP contribution in [0.4, 0.5) is 5.69 Å². The molecular weight excluding hydrogens is 316 g/mol. The minimum atomic E-state index is -0.121. The van der Waals surface area contributed by atoms with E-state index in [4.69, 9.17) is 4.74 Å². The maximum atomic E-state index is 10.3. The fourth-order valence-electron chi connectivity index (χ4n) is 2.66. The largest absolute Gasteiger partial charge is 0.494 e. The van der Waals surface area contributed by atoms with Gasteiger partial charge in [0.2, 0.25) is 0 Å². The normalized spacial score (nSPS) is 16.6.